The van der Waals surface area contributed by atoms with E-state index in [4.69, 9.17) is 21.1 Å². The molecule has 2 aromatic rings. The molecule has 0 unspecified atom stereocenters. The number of hydrogen-bond donors (Lipinski definition) is 1. The Kier molecular flexibility index (Phi) is 7.85. The lowest BCUT2D eigenvalue weighted by Crippen LogP contribution is -2.50. The van der Waals surface area contributed by atoms with Crippen molar-refractivity contribution in [1.29, 1.82) is 0 Å². The van der Waals surface area contributed by atoms with Crippen LogP contribution in [0.5, 0.6) is 11.5 Å². The number of hydrogen-bond acceptors (Lipinski definition) is 6. The average molecular weight is 508 g/mol. The van der Waals surface area contributed by atoms with Crippen LogP contribution in [0.4, 0.5) is 5.69 Å². The van der Waals surface area contributed by atoms with Gasteiger partial charge in [-0.3, -0.25) is 4.79 Å². The zero-order valence-electron chi connectivity index (χ0n) is 19.2. The molecule has 10 heteroatoms. The maximum atomic E-state index is 12.6. The molecule has 1 aliphatic carbocycles. The summed E-state index contributed by atoms with van der Waals surface area (Å²) in [5.41, 5.74) is 1.09. The summed E-state index contributed by atoms with van der Waals surface area (Å²) in [6, 6.07) is 12.2. The predicted octanol–water partition coefficient (Wildman–Crippen LogP) is 3.30. The largest absolute Gasteiger partial charge is 0.497 e. The van der Waals surface area contributed by atoms with Crippen LogP contribution in [0.3, 0.4) is 0 Å². The second kappa shape index (κ2) is 10.8. The molecule has 0 radical (unpaired) electrons. The lowest BCUT2D eigenvalue weighted by molar-refractivity contribution is -0.133. The molecule has 1 N–H and O–H groups in total. The molecular formula is C24H30ClN3O5S. The quantitative estimate of drug-likeness (QED) is 0.590. The minimum atomic E-state index is -3.64. The summed E-state index contributed by atoms with van der Waals surface area (Å²) in [6.45, 7) is 2.46. The Morgan fingerprint density at radius 3 is 2.35 bits per heavy atom. The third-order valence-electron chi connectivity index (χ3n) is 6.31. The number of carbonyl (C=O) groups is 1. The molecule has 0 atom stereocenters. The summed E-state index contributed by atoms with van der Waals surface area (Å²) in [7, 11) is -2.00. The van der Waals surface area contributed by atoms with Crippen LogP contribution >= 0.6 is 11.6 Å². The van der Waals surface area contributed by atoms with Crippen LogP contribution in [0.2, 0.25) is 5.02 Å². The number of ether oxygens (including phenoxy) is 2. The molecule has 0 spiro atoms. The van der Waals surface area contributed by atoms with Crippen molar-refractivity contribution in [1.82, 2.24) is 9.62 Å². The van der Waals surface area contributed by atoms with Gasteiger partial charge in [-0.05, 0) is 55.3 Å². The van der Waals surface area contributed by atoms with Crippen LogP contribution in [0, 0.1) is 0 Å². The summed E-state index contributed by atoms with van der Waals surface area (Å²) in [4.78, 5) is 16.7. The molecule has 2 aliphatic rings. The van der Waals surface area contributed by atoms with E-state index in [2.05, 4.69) is 9.62 Å². The minimum Gasteiger partial charge on any atom is -0.497 e. The first-order valence-electron chi connectivity index (χ1n) is 11.5. The van der Waals surface area contributed by atoms with E-state index in [1.807, 2.05) is 24.3 Å². The van der Waals surface area contributed by atoms with Crippen LogP contribution in [0.1, 0.15) is 25.7 Å². The fraction of sp³-hybridized carbons (Fsp3) is 0.458. The molecule has 2 aromatic carbocycles. The zero-order chi connectivity index (χ0) is 24.1. The summed E-state index contributed by atoms with van der Waals surface area (Å²) in [6.07, 6.45) is 3.77. The molecule has 184 valence electrons. The summed E-state index contributed by atoms with van der Waals surface area (Å²) in [5, 5.41) is 0.159. The van der Waals surface area contributed by atoms with E-state index in [-0.39, 0.29) is 34.2 Å². The van der Waals surface area contributed by atoms with Crippen LogP contribution in [0.15, 0.2) is 47.4 Å². The van der Waals surface area contributed by atoms with Gasteiger partial charge >= 0.3 is 0 Å². The third kappa shape index (κ3) is 5.95. The molecule has 2 fully saturated rings. The summed E-state index contributed by atoms with van der Waals surface area (Å²) in [5.74, 6) is 0.959. The summed E-state index contributed by atoms with van der Waals surface area (Å²) >= 11 is 6.27. The Bertz CT molecular complexity index is 1100. The highest BCUT2D eigenvalue weighted by Gasteiger charge is 2.25. The van der Waals surface area contributed by atoms with Gasteiger partial charge in [-0.15, -0.1) is 0 Å². The molecule has 1 saturated heterocycles. The van der Waals surface area contributed by atoms with Crippen LogP contribution in [0.25, 0.3) is 0 Å². The molecule has 1 saturated carbocycles. The van der Waals surface area contributed by atoms with Crippen molar-refractivity contribution in [3.63, 3.8) is 0 Å². The number of amides is 1. The van der Waals surface area contributed by atoms with Gasteiger partial charge in [0.25, 0.3) is 5.91 Å². The first kappa shape index (κ1) is 24.6. The second-order valence-electron chi connectivity index (χ2n) is 8.55. The van der Waals surface area contributed by atoms with E-state index in [0.717, 1.165) is 50.2 Å². The van der Waals surface area contributed by atoms with E-state index in [1.54, 1.807) is 12.0 Å². The van der Waals surface area contributed by atoms with Crippen molar-refractivity contribution in [2.75, 3.05) is 44.8 Å². The SMILES string of the molecule is COc1ccc(N2CCN(C(=O)COc3ccc(S(=O)(=O)NC4CCCC4)cc3Cl)CC2)cc1. The number of anilines is 1. The molecule has 4 rings (SSSR count). The number of nitrogens with one attached hydrogen (secondary N) is 1. The fourth-order valence-corrected chi connectivity index (χ4v) is 5.97. The van der Waals surface area contributed by atoms with Gasteiger partial charge in [0.15, 0.2) is 6.61 Å². The van der Waals surface area contributed by atoms with Gasteiger partial charge in [-0.25, -0.2) is 13.1 Å². The van der Waals surface area contributed by atoms with Crippen LogP contribution < -0.4 is 19.1 Å². The maximum absolute atomic E-state index is 12.6. The second-order valence-corrected chi connectivity index (χ2v) is 10.7. The molecule has 1 heterocycles. The normalized spacial score (nSPS) is 17.1. The smallest absolute Gasteiger partial charge is 0.260 e. The van der Waals surface area contributed by atoms with Gasteiger partial charge in [0.2, 0.25) is 10.0 Å². The number of benzene rings is 2. The van der Waals surface area contributed by atoms with Crippen molar-refractivity contribution in [3.05, 3.63) is 47.5 Å². The van der Waals surface area contributed by atoms with Crippen molar-refractivity contribution in [2.24, 2.45) is 0 Å². The molecule has 0 bridgehead atoms. The Morgan fingerprint density at radius 1 is 1.06 bits per heavy atom. The zero-order valence-corrected chi connectivity index (χ0v) is 20.8. The maximum Gasteiger partial charge on any atom is 0.260 e. The van der Waals surface area contributed by atoms with Crippen LogP contribution in [-0.2, 0) is 14.8 Å². The highest BCUT2D eigenvalue weighted by Crippen LogP contribution is 2.28. The number of nitrogens with zero attached hydrogens (tertiary/aromatic N) is 2. The van der Waals surface area contributed by atoms with Crippen molar-refractivity contribution in [3.8, 4) is 11.5 Å². The van der Waals surface area contributed by atoms with Gasteiger partial charge in [0, 0.05) is 37.9 Å². The number of sulfonamides is 1. The Labute approximate surface area is 205 Å². The van der Waals surface area contributed by atoms with Gasteiger partial charge < -0.3 is 19.3 Å². The van der Waals surface area contributed by atoms with Crippen molar-refractivity contribution < 1.29 is 22.7 Å². The van der Waals surface area contributed by atoms with Crippen LogP contribution in [-0.4, -0.2) is 65.2 Å². The first-order chi connectivity index (χ1) is 16.4. The topological polar surface area (TPSA) is 88.2 Å². The fourth-order valence-electron chi connectivity index (χ4n) is 4.33. The number of piperazine rings is 1. The third-order valence-corrected chi connectivity index (χ3v) is 8.13. The molecular weight excluding hydrogens is 478 g/mol. The standard InChI is InChI=1S/C24H30ClN3O5S/c1-32-20-8-6-19(7-9-20)27-12-14-28(15-13-27)24(29)17-33-23-11-10-21(16-22(23)25)34(30,31)26-18-4-2-3-5-18/h6-11,16,18,26H,2-5,12-15,17H2,1H3. The highest BCUT2D eigenvalue weighted by atomic mass is 35.5. The molecule has 0 aromatic heterocycles. The molecule has 1 aliphatic heterocycles. The number of carbonyl (C=O) groups excluding carboxylic acids is 1. The Hall–Kier alpha value is -2.49. The number of halogens is 1. The van der Waals surface area contributed by atoms with Gasteiger partial charge in [-0.1, -0.05) is 24.4 Å². The highest BCUT2D eigenvalue weighted by molar-refractivity contribution is 7.89. The first-order valence-corrected chi connectivity index (χ1v) is 13.3. The van der Waals surface area contributed by atoms with Crippen molar-refractivity contribution in [2.45, 2.75) is 36.6 Å². The monoisotopic (exact) mass is 507 g/mol. The Balaban J connectivity index is 1.28. The number of methoxy groups -OCH3 is 1. The predicted molar refractivity (Wildman–Crippen MR) is 131 cm³/mol. The lowest BCUT2D eigenvalue weighted by atomic mass is 10.2. The average Bonchev–Trinajstić information content (AvgIpc) is 3.35. The van der Waals surface area contributed by atoms with E-state index in [1.165, 1.54) is 18.2 Å². The van der Waals surface area contributed by atoms with E-state index in [0.29, 0.717) is 13.1 Å². The Morgan fingerprint density at radius 2 is 1.74 bits per heavy atom. The van der Waals surface area contributed by atoms with Gasteiger partial charge in [0.05, 0.1) is 17.0 Å². The lowest BCUT2D eigenvalue weighted by Gasteiger charge is -2.36. The molecule has 8 nitrogen and oxygen atoms in total. The van der Waals surface area contributed by atoms with E-state index < -0.39 is 10.0 Å². The van der Waals surface area contributed by atoms with Crippen molar-refractivity contribution >= 4 is 33.2 Å². The number of rotatable bonds is 8. The van der Waals surface area contributed by atoms with Gasteiger partial charge in [-0.2, -0.15) is 0 Å². The summed E-state index contributed by atoms with van der Waals surface area (Å²) < 4.78 is 38.8. The molecule has 1 amide bonds. The van der Waals surface area contributed by atoms with Gasteiger partial charge in [0.1, 0.15) is 11.5 Å². The van der Waals surface area contributed by atoms with E-state index >= 15 is 0 Å². The van der Waals surface area contributed by atoms with E-state index in [9.17, 15) is 13.2 Å². The minimum absolute atomic E-state index is 0.0255. The molecule has 34 heavy (non-hydrogen) atoms.